The van der Waals surface area contributed by atoms with Crippen LogP contribution in [0.15, 0.2) is 0 Å². The van der Waals surface area contributed by atoms with Gasteiger partial charge < -0.3 is 10.2 Å². The van der Waals surface area contributed by atoms with E-state index in [0.29, 0.717) is 13.0 Å². The molecule has 1 aliphatic heterocycles. The van der Waals surface area contributed by atoms with E-state index in [4.69, 9.17) is 0 Å². The molecule has 0 spiro atoms. The summed E-state index contributed by atoms with van der Waals surface area (Å²) in [5, 5.41) is 2.86. The average Bonchev–Trinajstić information content (AvgIpc) is 2.46. The normalized spacial score (nSPS) is 26.9. The molecule has 1 N–H and O–H groups in total. The van der Waals surface area contributed by atoms with Gasteiger partial charge in [0.15, 0.2) is 0 Å². The lowest BCUT2D eigenvalue weighted by molar-refractivity contribution is -0.135. The summed E-state index contributed by atoms with van der Waals surface area (Å²) >= 11 is 1.87. The maximum Gasteiger partial charge on any atom is 0.245 e. The average molecular weight is 284 g/mol. The lowest BCUT2D eigenvalue weighted by Crippen LogP contribution is -2.52. The largest absolute Gasteiger partial charge is 0.344 e. The third kappa shape index (κ3) is 3.07. The zero-order valence-electron chi connectivity index (χ0n) is 12.1. The van der Waals surface area contributed by atoms with Gasteiger partial charge in [-0.05, 0) is 25.0 Å². The van der Waals surface area contributed by atoms with E-state index in [1.54, 1.807) is 0 Å². The van der Waals surface area contributed by atoms with Crippen molar-refractivity contribution in [2.45, 2.75) is 50.3 Å². The molecule has 0 bridgehead atoms. The Morgan fingerprint density at radius 3 is 2.58 bits per heavy atom. The third-order valence-electron chi connectivity index (χ3n) is 4.35. The minimum atomic E-state index is -0.353. The second-order valence-corrected chi connectivity index (χ2v) is 7.31. The first-order valence-corrected chi connectivity index (χ1v) is 8.33. The van der Waals surface area contributed by atoms with Crippen molar-refractivity contribution in [1.29, 1.82) is 0 Å². The molecule has 1 saturated carbocycles. The van der Waals surface area contributed by atoms with Gasteiger partial charge in [0.1, 0.15) is 6.04 Å². The van der Waals surface area contributed by atoms with Crippen LogP contribution in [0.4, 0.5) is 0 Å². The molecule has 108 valence electrons. The van der Waals surface area contributed by atoms with Crippen molar-refractivity contribution >= 4 is 23.6 Å². The highest BCUT2D eigenvalue weighted by molar-refractivity contribution is 8.00. The van der Waals surface area contributed by atoms with E-state index in [9.17, 15) is 9.59 Å². The monoisotopic (exact) mass is 284 g/mol. The molecule has 1 aliphatic carbocycles. The molecular weight excluding hydrogens is 260 g/mol. The Kier molecular flexibility index (Phi) is 4.43. The van der Waals surface area contributed by atoms with Gasteiger partial charge in [0, 0.05) is 24.3 Å². The molecule has 2 aliphatic rings. The molecule has 4 nitrogen and oxygen atoms in total. The first-order chi connectivity index (χ1) is 8.97. The fourth-order valence-corrected chi connectivity index (χ4v) is 3.79. The fourth-order valence-electron chi connectivity index (χ4n) is 2.81. The van der Waals surface area contributed by atoms with Crippen LogP contribution in [0.3, 0.4) is 0 Å². The molecule has 2 amide bonds. The molecule has 0 aromatic heterocycles. The number of hydrogen-bond acceptors (Lipinski definition) is 3. The molecule has 19 heavy (non-hydrogen) atoms. The summed E-state index contributed by atoms with van der Waals surface area (Å²) in [6.45, 7) is 5.33. The summed E-state index contributed by atoms with van der Waals surface area (Å²) < 4.78 is 0.241. The van der Waals surface area contributed by atoms with Gasteiger partial charge in [0.05, 0.1) is 0 Å². The third-order valence-corrected chi connectivity index (χ3v) is 5.75. The molecular formula is C14H24N2O2S. The van der Waals surface area contributed by atoms with Crippen molar-refractivity contribution in [2.75, 3.05) is 19.3 Å². The molecule has 1 saturated heterocycles. The quantitative estimate of drug-likeness (QED) is 0.854. The highest BCUT2D eigenvalue weighted by atomic mass is 32.2. The van der Waals surface area contributed by atoms with Gasteiger partial charge in [-0.25, -0.2) is 0 Å². The van der Waals surface area contributed by atoms with Gasteiger partial charge in [-0.1, -0.05) is 20.3 Å². The molecule has 2 rings (SSSR count). The Balaban J connectivity index is 2.10. The summed E-state index contributed by atoms with van der Waals surface area (Å²) in [5.41, 5.74) is 0. The van der Waals surface area contributed by atoms with Gasteiger partial charge in [-0.15, -0.1) is 0 Å². The summed E-state index contributed by atoms with van der Waals surface area (Å²) in [4.78, 5) is 26.2. The lowest BCUT2D eigenvalue weighted by Gasteiger charge is -2.44. The van der Waals surface area contributed by atoms with Crippen molar-refractivity contribution in [3.05, 3.63) is 0 Å². The van der Waals surface area contributed by atoms with Crippen molar-refractivity contribution in [1.82, 2.24) is 10.2 Å². The highest BCUT2D eigenvalue weighted by Crippen LogP contribution is 2.43. The molecule has 0 aromatic rings. The summed E-state index contributed by atoms with van der Waals surface area (Å²) in [6, 6.07) is -0.353. The van der Waals surface area contributed by atoms with E-state index in [1.807, 2.05) is 30.5 Å². The second kappa shape index (κ2) is 5.73. The first kappa shape index (κ1) is 14.7. The molecule has 1 heterocycles. The van der Waals surface area contributed by atoms with E-state index in [0.717, 1.165) is 6.54 Å². The van der Waals surface area contributed by atoms with Crippen LogP contribution < -0.4 is 5.32 Å². The summed E-state index contributed by atoms with van der Waals surface area (Å²) in [6.07, 6.45) is 6.19. The Labute approximate surface area is 119 Å². The van der Waals surface area contributed by atoms with Gasteiger partial charge in [0.25, 0.3) is 0 Å². The van der Waals surface area contributed by atoms with Crippen molar-refractivity contribution in [2.24, 2.45) is 5.92 Å². The van der Waals surface area contributed by atoms with Crippen molar-refractivity contribution < 1.29 is 9.59 Å². The number of amides is 2. The predicted molar refractivity (Wildman–Crippen MR) is 78.1 cm³/mol. The van der Waals surface area contributed by atoms with E-state index in [2.05, 4.69) is 11.6 Å². The van der Waals surface area contributed by atoms with E-state index >= 15 is 0 Å². The van der Waals surface area contributed by atoms with Crippen LogP contribution >= 0.6 is 11.8 Å². The number of carbonyl (C=O) groups excluding carboxylic acids is 2. The van der Waals surface area contributed by atoms with Crippen LogP contribution in [0.5, 0.6) is 0 Å². The number of carbonyl (C=O) groups is 2. The van der Waals surface area contributed by atoms with Gasteiger partial charge >= 0.3 is 0 Å². The first-order valence-electron chi connectivity index (χ1n) is 7.11. The minimum absolute atomic E-state index is 0.00126. The zero-order chi connectivity index (χ0) is 14.0. The zero-order valence-corrected chi connectivity index (χ0v) is 12.9. The van der Waals surface area contributed by atoms with E-state index < -0.39 is 0 Å². The Morgan fingerprint density at radius 1 is 1.42 bits per heavy atom. The Hall–Kier alpha value is -0.710. The number of nitrogens with zero attached hydrogens (tertiary/aromatic N) is 1. The molecule has 1 atom stereocenters. The minimum Gasteiger partial charge on any atom is -0.344 e. The fraction of sp³-hybridized carbons (Fsp3) is 0.857. The smallest absolute Gasteiger partial charge is 0.245 e. The van der Waals surface area contributed by atoms with Crippen LogP contribution in [-0.4, -0.2) is 46.8 Å². The number of nitrogens with one attached hydrogen (secondary N) is 1. The van der Waals surface area contributed by atoms with Crippen molar-refractivity contribution in [3.63, 3.8) is 0 Å². The molecule has 1 unspecified atom stereocenters. The molecule has 5 heteroatoms. The van der Waals surface area contributed by atoms with Gasteiger partial charge in [0.2, 0.25) is 11.8 Å². The number of rotatable bonds is 4. The van der Waals surface area contributed by atoms with Crippen LogP contribution in [0.2, 0.25) is 0 Å². The van der Waals surface area contributed by atoms with Gasteiger partial charge in [-0.2, -0.15) is 11.8 Å². The Morgan fingerprint density at radius 2 is 2.11 bits per heavy atom. The maximum atomic E-state index is 12.6. The molecule has 0 radical (unpaired) electrons. The van der Waals surface area contributed by atoms with Gasteiger partial charge in [-0.3, -0.25) is 9.59 Å². The highest BCUT2D eigenvalue weighted by Gasteiger charge is 2.41. The van der Waals surface area contributed by atoms with E-state index in [1.165, 1.54) is 19.3 Å². The van der Waals surface area contributed by atoms with Crippen molar-refractivity contribution in [3.8, 4) is 0 Å². The lowest BCUT2D eigenvalue weighted by atomic mass is 9.83. The predicted octanol–water partition coefficient (Wildman–Crippen LogP) is 1.65. The molecule has 0 aromatic carbocycles. The van der Waals surface area contributed by atoms with Crippen LogP contribution in [-0.2, 0) is 9.59 Å². The maximum absolute atomic E-state index is 12.6. The standard InChI is InChI=1S/C14H24N2O2S/c1-10(2)12-13(18)16(8-5-11(17)15-12)9-14(19-3)6-4-7-14/h10,12H,4-9H2,1-3H3,(H,15,17). The van der Waals surface area contributed by atoms with Crippen LogP contribution in [0, 0.1) is 5.92 Å². The van der Waals surface area contributed by atoms with Crippen LogP contribution in [0.1, 0.15) is 39.5 Å². The molecule has 2 fully saturated rings. The number of thioether (sulfide) groups is 1. The van der Waals surface area contributed by atoms with E-state index in [-0.39, 0.29) is 28.5 Å². The Bertz CT molecular complexity index is 361. The van der Waals surface area contributed by atoms with Crippen LogP contribution in [0.25, 0.3) is 0 Å². The number of hydrogen-bond donors (Lipinski definition) is 1. The summed E-state index contributed by atoms with van der Waals surface area (Å²) in [7, 11) is 0. The summed E-state index contributed by atoms with van der Waals surface area (Å²) in [5.74, 6) is 0.242. The topological polar surface area (TPSA) is 49.4 Å². The SMILES string of the molecule is CSC1(CN2CCC(=O)NC(C(C)C)C2=O)CCC1. The second-order valence-electron chi connectivity index (χ2n) is 6.04.